The molecule has 2 atom stereocenters. The SMILES string of the molecule is CC(C)(CO)N=C1C=CC2=N[C@@]34CCCC[C@H]3CC3=C(CCCC3)N4C2=C1. The number of allylic oxidation sites excluding steroid dienone is 5. The first kappa shape index (κ1) is 17.4. The maximum absolute atomic E-state index is 9.61. The van der Waals surface area contributed by atoms with E-state index >= 15 is 0 Å². The van der Waals surface area contributed by atoms with E-state index in [1.54, 1.807) is 11.3 Å². The summed E-state index contributed by atoms with van der Waals surface area (Å²) in [7, 11) is 0. The highest BCUT2D eigenvalue weighted by Gasteiger charge is 2.55. The zero-order valence-electron chi connectivity index (χ0n) is 16.7. The Morgan fingerprint density at radius 3 is 2.93 bits per heavy atom. The van der Waals surface area contributed by atoms with Gasteiger partial charge < -0.3 is 10.0 Å². The number of aliphatic hydroxyl groups excluding tert-OH is 1. The molecule has 0 saturated heterocycles. The van der Waals surface area contributed by atoms with Gasteiger partial charge in [-0.3, -0.25) is 9.98 Å². The minimum atomic E-state index is -0.452. The molecule has 5 aliphatic rings. The lowest BCUT2D eigenvalue weighted by atomic mass is 9.70. The van der Waals surface area contributed by atoms with Crippen LogP contribution in [0, 0.1) is 5.92 Å². The Morgan fingerprint density at radius 2 is 2.07 bits per heavy atom. The van der Waals surface area contributed by atoms with Gasteiger partial charge in [0.05, 0.1) is 29.3 Å². The molecule has 27 heavy (non-hydrogen) atoms. The maximum atomic E-state index is 9.61. The van der Waals surface area contributed by atoms with E-state index in [2.05, 4.69) is 23.1 Å². The van der Waals surface area contributed by atoms with E-state index in [0.29, 0.717) is 5.92 Å². The number of hydrogen-bond donors (Lipinski definition) is 1. The Labute approximate surface area is 162 Å². The Balaban J connectivity index is 1.63. The zero-order chi connectivity index (χ0) is 18.6. The van der Waals surface area contributed by atoms with Crippen molar-refractivity contribution >= 4 is 11.4 Å². The molecule has 1 saturated carbocycles. The number of rotatable bonds is 2. The summed E-state index contributed by atoms with van der Waals surface area (Å²) in [6.45, 7) is 4.01. The molecule has 1 fully saturated rings. The van der Waals surface area contributed by atoms with Crippen molar-refractivity contribution in [3.63, 3.8) is 0 Å². The zero-order valence-corrected chi connectivity index (χ0v) is 16.7. The Morgan fingerprint density at radius 1 is 1.22 bits per heavy atom. The van der Waals surface area contributed by atoms with E-state index in [0.717, 1.165) is 11.4 Å². The van der Waals surface area contributed by atoms with Gasteiger partial charge in [-0.1, -0.05) is 12.0 Å². The molecule has 4 nitrogen and oxygen atoms in total. The highest BCUT2D eigenvalue weighted by atomic mass is 16.3. The van der Waals surface area contributed by atoms with Crippen LogP contribution in [-0.4, -0.2) is 39.2 Å². The van der Waals surface area contributed by atoms with Crippen molar-refractivity contribution in [3.05, 3.63) is 35.2 Å². The third kappa shape index (κ3) is 2.67. The van der Waals surface area contributed by atoms with Crippen LogP contribution in [0.15, 0.2) is 45.2 Å². The second-order valence-electron chi connectivity index (χ2n) is 9.49. The first-order chi connectivity index (χ1) is 13.0. The number of aliphatic hydroxyl groups is 1. The van der Waals surface area contributed by atoms with Gasteiger partial charge in [-0.25, -0.2) is 0 Å². The molecule has 0 aromatic rings. The molecule has 2 heterocycles. The van der Waals surface area contributed by atoms with Gasteiger partial charge in [0.1, 0.15) is 5.66 Å². The van der Waals surface area contributed by atoms with Crippen LogP contribution in [0.5, 0.6) is 0 Å². The van der Waals surface area contributed by atoms with E-state index in [1.807, 2.05) is 13.8 Å². The molecule has 0 radical (unpaired) electrons. The first-order valence-electron chi connectivity index (χ1n) is 10.7. The second-order valence-corrected chi connectivity index (χ2v) is 9.49. The predicted molar refractivity (Wildman–Crippen MR) is 110 cm³/mol. The topological polar surface area (TPSA) is 48.2 Å². The average molecular weight is 366 g/mol. The van der Waals surface area contributed by atoms with Gasteiger partial charge in [0.25, 0.3) is 0 Å². The molecule has 0 amide bonds. The van der Waals surface area contributed by atoms with Crippen LogP contribution in [0.2, 0.25) is 0 Å². The van der Waals surface area contributed by atoms with Crippen molar-refractivity contribution in [1.29, 1.82) is 0 Å². The number of nitrogens with zero attached hydrogens (tertiary/aromatic N) is 3. The third-order valence-electron chi connectivity index (χ3n) is 7.03. The van der Waals surface area contributed by atoms with Crippen LogP contribution in [0.1, 0.15) is 71.6 Å². The van der Waals surface area contributed by atoms with E-state index in [9.17, 15) is 5.11 Å². The minimum absolute atomic E-state index is 0.0398. The van der Waals surface area contributed by atoms with E-state index < -0.39 is 5.54 Å². The van der Waals surface area contributed by atoms with Crippen molar-refractivity contribution in [1.82, 2.24) is 4.90 Å². The molecule has 144 valence electrons. The standard InChI is InChI=1S/C23H31N3O/c1-22(2,15-27)24-18-10-11-19-21(14-18)26-20-9-4-3-7-16(20)13-17-8-5-6-12-23(17,26)25-19/h10-11,14,17,27H,3-9,12-13,15H2,1-2H3/t17-,23+/m0/s1. The molecule has 0 aromatic heterocycles. The van der Waals surface area contributed by atoms with E-state index in [4.69, 9.17) is 9.98 Å². The largest absolute Gasteiger partial charge is 0.394 e. The van der Waals surface area contributed by atoms with Crippen molar-refractivity contribution in [2.75, 3.05) is 6.61 Å². The summed E-state index contributed by atoms with van der Waals surface area (Å²) in [6, 6.07) is 0. The summed E-state index contributed by atoms with van der Waals surface area (Å²) in [5.41, 5.74) is 6.13. The molecule has 4 heteroatoms. The average Bonchev–Trinajstić information content (AvgIpc) is 2.99. The summed E-state index contributed by atoms with van der Waals surface area (Å²) in [5.74, 6) is 0.657. The number of fused-ring (bicyclic) bond motifs is 3. The Kier molecular flexibility index (Phi) is 3.98. The second kappa shape index (κ2) is 6.16. The van der Waals surface area contributed by atoms with Crippen LogP contribution in [0.4, 0.5) is 0 Å². The van der Waals surface area contributed by atoms with Gasteiger partial charge in [-0.2, -0.15) is 0 Å². The van der Waals surface area contributed by atoms with Gasteiger partial charge >= 0.3 is 0 Å². The fourth-order valence-electron chi connectivity index (χ4n) is 5.74. The molecular weight excluding hydrogens is 334 g/mol. The molecule has 5 rings (SSSR count). The maximum Gasteiger partial charge on any atom is 0.139 e. The lowest BCUT2D eigenvalue weighted by Gasteiger charge is -2.52. The predicted octanol–water partition coefficient (Wildman–Crippen LogP) is 4.53. The van der Waals surface area contributed by atoms with Gasteiger partial charge in [-0.15, -0.1) is 0 Å². The van der Waals surface area contributed by atoms with Gasteiger partial charge in [-0.05, 0) is 83.4 Å². The molecule has 2 aliphatic heterocycles. The fourth-order valence-corrected chi connectivity index (χ4v) is 5.74. The molecular formula is C23H31N3O. The van der Waals surface area contributed by atoms with Crippen LogP contribution in [0.3, 0.4) is 0 Å². The highest BCUT2D eigenvalue weighted by molar-refractivity contribution is 6.22. The third-order valence-corrected chi connectivity index (χ3v) is 7.03. The molecule has 0 bridgehead atoms. The van der Waals surface area contributed by atoms with E-state index in [-0.39, 0.29) is 12.3 Å². The number of aliphatic imine (C=N–C) groups is 2. The lowest BCUT2D eigenvalue weighted by Crippen LogP contribution is -2.53. The van der Waals surface area contributed by atoms with Crippen molar-refractivity contribution in [2.24, 2.45) is 15.9 Å². The highest BCUT2D eigenvalue weighted by Crippen LogP contribution is 2.55. The van der Waals surface area contributed by atoms with Crippen LogP contribution >= 0.6 is 0 Å². The summed E-state index contributed by atoms with van der Waals surface area (Å²) in [5, 5.41) is 9.61. The number of hydrogen-bond acceptors (Lipinski definition) is 4. The summed E-state index contributed by atoms with van der Waals surface area (Å²) in [6.07, 6.45) is 17.9. The monoisotopic (exact) mass is 365 g/mol. The van der Waals surface area contributed by atoms with Crippen LogP contribution < -0.4 is 0 Å². The molecule has 1 N–H and O–H groups in total. The van der Waals surface area contributed by atoms with Gasteiger partial charge in [0.15, 0.2) is 0 Å². The summed E-state index contributed by atoms with van der Waals surface area (Å²) >= 11 is 0. The van der Waals surface area contributed by atoms with Crippen LogP contribution in [0.25, 0.3) is 0 Å². The summed E-state index contributed by atoms with van der Waals surface area (Å²) in [4.78, 5) is 12.8. The first-order valence-corrected chi connectivity index (χ1v) is 10.7. The minimum Gasteiger partial charge on any atom is -0.394 e. The van der Waals surface area contributed by atoms with Crippen molar-refractivity contribution < 1.29 is 5.11 Å². The Hall–Kier alpha value is -1.68. The smallest absolute Gasteiger partial charge is 0.139 e. The fraction of sp³-hybridized carbons (Fsp3) is 0.652. The molecule has 3 aliphatic carbocycles. The van der Waals surface area contributed by atoms with Crippen molar-refractivity contribution in [3.8, 4) is 0 Å². The van der Waals surface area contributed by atoms with Crippen LogP contribution in [-0.2, 0) is 0 Å². The quantitative estimate of drug-likeness (QED) is 0.731. The molecule has 0 aromatic carbocycles. The normalized spacial score (nSPS) is 34.0. The summed E-state index contributed by atoms with van der Waals surface area (Å²) < 4.78 is 0. The van der Waals surface area contributed by atoms with Gasteiger partial charge in [0.2, 0.25) is 0 Å². The van der Waals surface area contributed by atoms with Gasteiger partial charge in [0, 0.05) is 11.6 Å². The van der Waals surface area contributed by atoms with Crippen molar-refractivity contribution in [2.45, 2.75) is 82.8 Å². The van der Waals surface area contributed by atoms with E-state index in [1.165, 1.54) is 63.5 Å². The Bertz CT molecular complexity index is 813. The molecule has 0 unspecified atom stereocenters. The molecule has 1 spiro atoms. The lowest BCUT2D eigenvalue weighted by molar-refractivity contribution is 0.0498.